The summed E-state index contributed by atoms with van der Waals surface area (Å²) < 4.78 is 5.80. The Morgan fingerprint density at radius 3 is 2.69 bits per heavy atom. The van der Waals surface area contributed by atoms with E-state index in [1.807, 2.05) is 26.8 Å². The van der Waals surface area contributed by atoms with Gasteiger partial charge in [-0.25, -0.2) is 0 Å². The van der Waals surface area contributed by atoms with Gasteiger partial charge in [-0.2, -0.15) is 0 Å². The zero-order valence-corrected chi connectivity index (χ0v) is 21.2. The van der Waals surface area contributed by atoms with E-state index in [1.165, 1.54) is 17.3 Å². The van der Waals surface area contributed by atoms with Gasteiger partial charge in [-0.1, -0.05) is 31.2 Å². The second kappa shape index (κ2) is 8.47. The molecule has 0 amide bonds. The number of thiocarbonyl (C=S) groups is 1. The van der Waals surface area contributed by atoms with Crippen molar-refractivity contribution in [1.82, 2.24) is 0 Å². The fourth-order valence-electron chi connectivity index (χ4n) is 7.62. The Morgan fingerprint density at radius 1 is 1.28 bits per heavy atom. The zero-order valence-electron chi connectivity index (χ0n) is 19.6. The highest BCUT2D eigenvalue weighted by Crippen LogP contribution is 2.67. The standard InChI is InChI=1S/C25H36O5S2/c1-14(2)30-22(31)32-13-20(28)25(29)10-8-18-17-6-5-15-11-16(26)7-9-23(15,3)21(17)19(27)12-24(18,25)4/h11,14,17-19,21,27,29H,5-10,12-13H2,1-4H3. The van der Waals surface area contributed by atoms with Gasteiger partial charge in [0.2, 0.25) is 4.38 Å². The number of hydrogen-bond acceptors (Lipinski definition) is 7. The molecule has 5 nitrogen and oxygen atoms in total. The number of thioether (sulfide) groups is 1. The number of ketones is 2. The molecule has 3 saturated carbocycles. The van der Waals surface area contributed by atoms with E-state index < -0.39 is 17.1 Å². The average molecular weight is 481 g/mol. The molecule has 3 fully saturated rings. The Morgan fingerprint density at radius 2 is 2.00 bits per heavy atom. The summed E-state index contributed by atoms with van der Waals surface area (Å²) in [4.78, 5) is 25.3. The quantitative estimate of drug-likeness (QED) is 0.583. The predicted molar refractivity (Wildman–Crippen MR) is 129 cm³/mol. The lowest BCUT2D eigenvalue weighted by atomic mass is 9.45. The maximum atomic E-state index is 13.3. The monoisotopic (exact) mass is 480 g/mol. The van der Waals surface area contributed by atoms with E-state index in [1.54, 1.807) is 0 Å². The van der Waals surface area contributed by atoms with E-state index in [0.717, 1.165) is 25.7 Å². The van der Waals surface area contributed by atoms with E-state index in [2.05, 4.69) is 6.92 Å². The first-order chi connectivity index (χ1) is 14.9. The number of Topliss-reactive ketones (excluding diaryl/α,β-unsaturated/α-hetero) is 1. The molecule has 7 unspecified atom stereocenters. The van der Waals surface area contributed by atoms with Gasteiger partial charge in [0.25, 0.3) is 0 Å². The van der Waals surface area contributed by atoms with Gasteiger partial charge in [0.05, 0.1) is 18.0 Å². The molecule has 0 aliphatic heterocycles. The van der Waals surface area contributed by atoms with E-state index in [9.17, 15) is 19.8 Å². The summed E-state index contributed by atoms with van der Waals surface area (Å²) >= 11 is 6.38. The molecule has 4 aliphatic rings. The predicted octanol–water partition coefficient (Wildman–Crippen LogP) is 4.23. The van der Waals surface area contributed by atoms with E-state index >= 15 is 0 Å². The summed E-state index contributed by atoms with van der Waals surface area (Å²) in [6.07, 6.45) is 5.91. The summed E-state index contributed by atoms with van der Waals surface area (Å²) in [5.41, 5.74) is -1.09. The van der Waals surface area contributed by atoms with Crippen molar-refractivity contribution < 1.29 is 24.5 Å². The molecule has 0 aromatic rings. The lowest BCUT2D eigenvalue weighted by Gasteiger charge is -2.60. The van der Waals surface area contributed by atoms with Gasteiger partial charge in [-0.05, 0) is 93.8 Å². The minimum atomic E-state index is -1.45. The van der Waals surface area contributed by atoms with Gasteiger partial charge < -0.3 is 14.9 Å². The molecule has 4 rings (SSSR count). The third-order valence-electron chi connectivity index (χ3n) is 9.16. The Kier molecular flexibility index (Phi) is 6.45. The van der Waals surface area contributed by atoms with Crippen LogP contribution >= 0.6 is 24.0 Å². The Balaban J connectivity index is 1.56. The van der Waals surface area contributed by atoms with Crippen LogP contribution in [0.25, 0.3) is 0 Å². The first kappa shape index (κ1) is 24.4. The van der Waals surface area contributed by atoms with Crippen LogP contribution in [-0.2, 0) is 14.3 Å². The molecule has 0 saturated heterocycles. The first-order valence-corrected chi connectivity index (χ1v) is 13.3. The number of ether oxygens (including phenoxy) is 1. The van der Waals surface area contributed by atoms with Crippen LogP contribution in [0.5, 0.6) is 0 Å². The number of rotatable bonds is 4. The number of aliphatic hydroxyl groups is 2. The Labute approximate surface area is 200 Å². The van der Waals surface area contributed by atoms with E-state index in [-0.39, 0.29) is 46.6 Å². The van der Waals surface area contributed by atoms with Crippen LogP contribution in [0.4, 0.5) is 0 Å². The van der Waals surface area contributed by atoms with E-state index in [4.69, 9.17) is 17.0 Å². The highest BCUT2D eigenvalue weighted by Gasteiger charge is 2.68. The fourth-order valence-corrected chi connectivity index (χ4v) is 8.74. The average Bonchev–Trinajstić information content (AvgIpc) is 2.97. The summed E-state index contributed by atoms with van der Waals surface area (Å²) in [7, 11) is 0. The van der Waals surface area contributed by atoms with Crippen molar-refractivity contribution >= 4 is 39.9 Å². The molecule has 0 aromatic heterocycles. The molecule has 2 N–H and O–H groups in total. The number of hydrogen-bond donors (Lipinski definition) is 2. The smallest absolute Gasteiger partial charge is 0.220 e. The van der Waals surface area contributed by atoms with Crippen molar-refractivity contribution in [3.05, 3.63) is 11.6 Å². The first-order valence-electron chi connectivity index (χ1n) is 11.9. The lowest BCUT2D eigenvalue weighted by Crippen LogP contribution is -2.62. The van der Waals surface area contributed by atoms with Gasteiger partial charge in [0.15, 0.2) is 11.6 Å². The topological polar surface area (TPSA) is 83.8 Å². The van der Waals surface area contributed by atoms with E-state index in [0.29, 0.717) is 23.6 Å². The van der Waals surface area contributed by atoms with Crippen molar-refractivity contribution in [2.45, 2.75) is 90.4 Å². The highest BCUT2D eigenvalue weighted by molar-refractivity contribution is 8.23. The van der Waals surface area contributed by atoms with Crippen LogP contribution < -0.4 is 0 Å². The molecule has 0 radical (unpaired) electrons. The van der Waals surface area contributed by atoms with Gasteiger partial charge in [0, 0.05) is 11.8 Å². The number of fused-ring (bicyclic) bond motifs is 5. The van der Waals surface area contributed by atoms with Crippen molar-refractivity contribution in [3.63, 3.8) is 0 Å². The van der Waals surface area contributed by atoms with Crippen LogP contribution in [0.1, 0.15) is 72.6 Å². The lowest BCUT2D eigenvalue weighted by molar-refractivity contribution is -0.178. The molecule has 0 aromatic carbocycles. The summed E-state index contributed by atoms with van der Waals surface area (Å²) in [6, 6.07) is 0. The van der Waals surface area contributed by atoms with Gasteiger partial charge in [0.1, 0.15) is 5.60 Å². The summed E-state index contributed by atoms with van der Waals surface area (Å²) in [5.74, 6) is 0.583. The maximum absolute atomic E-state index is 13.3. The largest absolute Gasteiger partial charge is 0.476 e. The van der Waals surface area contributed by atoms with Gasteiger partial charge >= 0.3 is 0 Å². The second-order valence-corrected chi connectivity index (χ2v) is 12.7. The molecule has 7 atom stereocenters. The summed E-state index contributed by atoms with van der Waals surface area (Å²) in [6.45, 7) is 8.00. The Bertz CT molecular complexity index is 853. The molecule has 7 heteroatoms. The molecule has 4 aliphatic carbocycles. The van der Waals surface area contributed by atoms with Crippen molar-refractivity contribution in [1.29, 1.82) is 0 Å². The Hall–Kier alpha value is -0.760. The van der Waals surface area contributed by atoms with Crippen LogP contribution in [-0.4, -0.2) is 49.7 Å². The van der Waals surface area contributed by atoms with Crippen LogP contribution in [0.2, 0.25) is 0 Å². The maximum Gasteiger partial charge on any atom is 0.220 e. The van der Waals surface area contributed by atoms with Crippen LogP contribution in [0.15, 0.2) is 11.6 Å². The van der Waals surface area contributed by atoms with Crippen molar-refractivity contribution in [2.75, 3.05) is 5.75 Å². The molecule has 178 valence electrons. The van der Waals surface area contributed by atoms with Crippen LogP contribution in [0, 0.1) is 28.6 Å². The fraction of sp³-hybridized carbons (Fsp3) is 0.800. The minimum absolute atomic E-state index is 0.0475. The third-order valence-corrected chi connectivity index (χ3v) is 10.4. The summed E-state index contributed by atoms with van der Waals surface area (Å²) in [5, 5.41) is 23.2. The van der Waals surface area contributed by atoms with Gasteiger partial charge in [-0.15, -0.1) is 0 Å². The number of carbonyl (C=O) groups excluding carboxylic acids is 2. The van der Waals surface area contributed by atoms with Crippen molar-refractivity contribution in [3.8, 4) is 0 Å². The molecule has 0 spiro atoms. The third kappa shape index (κ3) is 3.71. The second-order valence-electron chi connectivity index (χ2n) is 11.1. The normalized spacial score (nSPS) is 43.2. The SMILES string of the molecule is CC(C)OC(=S)SCC(=O)C1(O)CCC2C3CCC4=CC(=O)CCC4(C)C3C(O)CC21C. The molecule has 32 heavy (non-hydrogen) atoms. The molecular formula is C25H36O5S2. The zero-order chi connectivity index (χ0) is 23.5. The van der Waals surface area contributed by atoms with Crippen LogP contribution in [0.3, 0.4) is 0 Å². The molecule has 0 heterocycles. The number of allylic oxidation sites excluding steroid dienone is 1. The highest BCUT2D eigenvalue weighted by atomic mass is 32.2. The van der Waals surface area contributed by atoms with Crippen molar-refractivity contribution in [2.24, 2.45) is 28.6 Å². The number of aliphatic hydroxyl groups excluding tert-OH is 1. The minimum Gasteiger partial charge on any atom is -0.476 e. The molecular weight excluding hydrogens is 444 g/mol. The number of carbonyl (C=O) groups is 2. The van der Waals surface area contributed by atoms with Gasteiger partial charge in [-0.3, -0.25) is 9.59 Å². The molecule has 0 bridgehead atoms.